The lowest BCUT2D eigenvalue weighted by Gasteiger charge is -2.26. The number of halogens is 2. The van der Waals surface area contributed by atoms with Crippen molar-refractivity contribution in [3.8, 4) is 0 Å². The lowest BCUT2D eigenvalue weighted by Crippen LogP contribution is -2.57. The third-order valence-electron chi connectivity index (χ3n) is 2.48. The summed E-state index contributed by atoms with van der Waals surface area (Å²) in [6.07, 6.45) is -0.889. The van der Waals surface area contributed by atoms with Crippen LogP contribution in [0.4, 0.5) is 13.6 Å². The summed E-state index contributed by atoms with van der Waals surface area (Å²) >= 11 is 0. The molecule has 0 saturated heterocycles. The van der Waals surface area contributed by atoms with Gasteiger partial charge in [-0.3, -0.25) is 0 Å². The van der Waals surface area contributed by atoms with Crippen LogP contribution in [0.5, 0.6) is 0 Å². The van der Waals surface area contributed by atoms with Crippen LogP contribution in [0.25, 0.3) is 0 Å². The first-order valence-electron chi connectivity index (χ1n) is 5.46. The molecule has 0 aliphatic carbocycles. The van der Waals surface area contributed by atoms with Crippen molar-refractivity contribution >= 4 is 6.09 Å². The van der Waals surface area contributed by atoms with E-state index in [2.05, 4.69) is 5.32 Å². The minimum Gasteiger partial charge on any atom is -0.445 e. The maximum Gasteiger partial charge on any atom is 0.408 e. The normalized spacial score (nSPS) is 11.1. The van der Waals surface area contributed by atoms with Gasteiger partial charge in [0.25, 0.3) is 0 Å². The summed E-state index contributed by atoms with van der Waals surface area (Å²) in [7, 11) is 0. The fourth-order valence-corrected chi connectivity index (χ4v) is 1.24. The number of benzene rings is 1. The van der Waals surface area contributed by atoms with Crippen LogP contribution in [0.15, 0.2) is 30.3 Å². The van der Waals surface area contributed by atoms with Gasteiger partial charge in [0.1, 0.15) is 25.5 Å². The number of hydrogen-bond donors (Lipinski definition) is 2. The SMILES string of the molecule is NCC(CF)(CF)NC(=O)OCc1ccccc1. The number of alkyl halides is 2. The molecule has 0 heterocycles. The molecule has 0 saturated carbocycles. The molecule has 0 aromatic heterocycles. The molecule has 0 fully saturated rings. The van der Waals surface area contributed by atoms with E-state index in [0.717, 1.165) is 5.56 Å². The highest BCUT2D eigenvalue weighted by Gasteiger charge is 2.31. The van der Waals surface area contributed by atoms with Crippen molar-refractivity contribution in [2.75, 3.05) is 19.9 Å². The van der Waals surface area contributed by atoms with Gasteiger partial charge in [-0.15, -0.1) is 0 Å². The van der Waals surface area contributed by atoms with E-state index in [1.807, 2.05) is 6.07 Å². The molecule has 18 heavy (non-hydrogen) atoms. The lowest BCUT2D eigenvalue weighted by atomic mass is 10.0. The molecule has 0 aliphatic rings. The van der Waals surface area contributed by atoms with E-state index < -0.39 is 25.0 Å². The monoisotopic (exact) mass is 258 g/mol. The van der Waals surface area contributed by atoms with Gasteiger partial charge < -0.3 is 15.8 Å². The molecule has 0 spiro atoms. The van der Waals surface area contributed by atoms with E-state index in [9.17, 15) is 13.6 Å². The third-order valence-corrected chi connectivity index (χ3v) is 2.48. The number of rotatable bonds is 6. The molecule has 1 rings (SSSR count). The molecule has 3 N–H and O–H groups in total. The average Bonchev–Trinajstić information content (AvgIpc) is 2.44. The van der Waals surface area contributed by atoms with Crippen molar-refractivity contribution in [2.24, 2.45) is 5.73 Å². The van der Waals surface area contributed by atoms with Crippen LogP contribution >= 0.6 is 0 Å². The van der Waals surface area contributed by atoms with Gasteiger partial charge in [0.15, 0.2) is 0 Å². The van der Waals surface area contributed by atoms with Crippen LogP contribution in [-0.4, -0.2) is 31.5 Å². The van der Waals surface area contributed by atoms with Crippen molar-refractivity contribution in [1.82, 2.24) is 5.32 Å². The Morgan fingerprint density at radius 1 is 1.28 bits per heavy atom. The molecular weight excluding hydrogens is 242 g/mol. The molecule has 0 aliphatic heterocycles. The van der Waals surface area contributed by atoms with Crippen LogP contribution in [0.1, 0.15) is 5.56 Å². The number of carbonyl (C=O) groups excluding carboxylic acids is 1. The van der Waals surface area contributed by atoms with Crippen LogP contribution in [0, 0.1) is 0 Å². The predicted molar refractivity (Wildman–Crippen MR) is 63.5 cm³/mol. The quantitative estimate of drug-likeness (QED) is 0.813. The maximum absolute atomic E-state index is 12.6. The molecule has 0 bridgehead atoms. The number of nitrogens with one attached hydrogen (secondary N) is 1. The molecule has 4 nitrogen and oxygen atoms in total. The van der Waals surface area contributed by atoms with Crippen molar-refractivity contribution < 1.29 is 18.3 Å². The van der Waals surface area contributed by atoms with E-state index in [4.69, 9.17) is 10.5 Å². The number of hydrogen-bond acceptors (Lipinski definition) is 3. The number of ether oxygens (including phenoxy) is 1. The molecular formula is C12H16F2N2O2. The van der Waals surface area contributed by atoms with Crippen molar-refractivity contribution in [2.45, 2.75) is 12.1 Å². The van der Waals surface area contributed by atoms with Crippen LogP contribution in [-0.2, 0) is 11.3 Å². The van der Waals surface area contributed by atoms with Gasteiger partial charge in [0.05, 0.1) is 0 Å². The smallest absolute Gasteiger partial charge is 0.408 e. The van der Waals surface area contributed by atoms with E-state index >= 15 is 0 Å². The standard InChI is InChI=1S/C12H16F2N2O2/c13-7-12(8-14,9-15)16-11(17)18-6-10-4-2-1-3-5-10/h1-5H,6-9,15H2,(H,16,17). The van der Waals surface area contributed by atoms with Gasteiger partial charge in [-0.2, -0.15) is 0 Å². The Kier molecular flexibility index (Phi) is 5.51. The zero-order chi connectivity index (χ0) is 13.4. The van der Waals surface area contributed by atoms with Crippen molar-refractivity contribution in [3.05, 3.63) is 35.9 Å². The summed E-state index contributed by atoms with van der Waals surface area (Å²) in [5, 5.41) is 2.11. The Balaban J connectivity index is 2.46. The van der Waals surface area contributed by atoms with E-state index in [0.29, 0.717) is 0 Å². The second kappa shape index (κ2) is 6.90. The number of nitrogens with two attached hydrogens (primary N) is 1. The van der Waals surface area contributed by atoms with Crippen molar-refractivity contribution in [1.29, 1.82) is 0 Å². The van der Waals surface area contributed by atoms with Gasteiger partial charge in [0, 0.05) is 6.54 Å². The van der Waals surface area contributed by atoms with Crippen LogP contribution < -0.4 is 11.1 Å². The number of carbonyl (C=O) groups is 1. The first-order chi connectivity index (χ1) is 8.65. The summed E-state index contributed by atoms with van der Waals surface area (Å²) in [5.41, 5.74) is 4.33. The lowest BCUT2D eigenvalue weighted by molar-refractivity contribution is 0.114. The topological polar surface area (TPSA) is 64.3 Å². The van der Waals surface area contributed by atoms with E-state index in [1.54, 1.807) is 24.3 Å². The zero-order valence-corrected chi connectivity index (χ0v) is 9.86. The highest BCUT2D eigenvalue weighted by molar-refractivity contribution is 5.68. The molecule has 0 atom stereocenters. The second-order valence-corrected chi connectivity index (χ2v) is 3.94. The van der Waals surface area contributed by atoms with Gasteiger partial charge in [-0.25, -0.2) is 13.6 Å². The summed E-state index contributed by atoms with van der Waals surface area (Å²) in [4.78, 5) is 11.4. The Labute approximate surface area is 104 Å². The molecule has 0 radical (unpaired) electrons. The molecule has 100 valence electrons. The zero-order valence-electron chi connectivity index (χ0n) is 9.86. The number of alkyl carbamates (subject to hydrolysis) is 1. The molecule has 1 amide bonds. The second-order valence-electron chi connectivity index (χ2n) is 3.94. The summed E-state index contributed by atoms with van der Waals surface area (Å²) in [6.45, 7) is -2.47. The largest absolute Gasteiger partial charge is 0.445 e. The number of amides is 1. The van der Waals surface area contributed by atoms with Gasteiger partial charge in [-0.1, -0.05) is 30.3 Å². The van der Waals surface area contributed by atoms with Gasteiger partial charge in [0.2, 0.25) is 0 Å². The Morgan fingerprint density at radius 2 is 1.89 bits per heavy atom. The Morgan fingerprint density at radius 3 is 2.39 bits per heavy atom. The summed E-state index contributed by atoms with van der Waals surface area (Å²) in [5.74, 6) is 0. The van der Waals surface area contributed by atoms with E-state index in [1.165, 1.54) is 0 Å². The highest BCUT2D eigenvalue weighted by Crippen LogP contribution is 2.07. The van der Waals surface area contributed by atoms with Gasteiger partial charge >= 0.3 is 6.09 Å². The minimum atomic E-state index is -1.69. The first-order valence-corrected chi connectivity index (χ1v) is 5.46. The molecule has 0 unspecified atom stereocenters. The molecule has 1 aromatic rings. The highest BCUT2D eigenvalue weighted by atomic mass is 19.1. The predicted octanol–water partition coefficient (Wildman–Crippen LogP) is 1.55. The van der Waals surface area contributed by atoms with Gasteiger partial charge in [-0.05, 0) is 5.56 Å². The summed E-state index contributed by atoms with van der Waals surface area (Å²) < 4.78 is 30.1. The Bertz CT molecular complexity index is 361. The first kappa shape index (κ1) is 14.4. The van der Waals surface area contributed by atoms with Crippen molar-refractivity contribution in [3.63, 3.8) is 0 Å². The van der Waals surface area contributed by atoms with Crippen LogP contribution in [0.2, 0.25) is 0 Å². The third kappa shape index (κ3) is 3.96. The van der Waals surface area contributed by atoms with E-state index in [-0.39, 0.29) is 13.2 Å². The average molecular weight is 258 g/mol. The molecule has 6 heteroatoms. The van der Waals surface area contributed by atoms with Crippen LogP contribution in [0.3, 0.4) is 0 Å². The maximum atomic E-state index is 12.6. The fourth-order valence-electron chi connectivity index (χ4n) is 1.24. The fraction of sp³-hybridized carbons (Fsp3) is 0.417. The Hall–Kier alpha value is -1.69. The minimum absolute atomic E-state index is 0.0336. The summed E-state index contributed by atoms with van der Waals surface area (Å²) in [6, 6.07) is 8.96. The molecule has 1 aromatic carbocycles.